The van der Waals surface area contributed by atoms with Crippen LogP contribution < -0.4 is 4.74 Å². The van der Waals surface area contributed by atoms with Gasteiger partial charge in [-0.2, -0.15) is 4.98 Å². The number of carboxylic acid groups (broad SMARTS) is 1. The average molecular weight is 208 g/mol. The average Bonchev–Trinajstić information content (AvgIpc) is 2.60. The lowest BCUT2D eigenvalue weighted by Gasteiger charge is -1.99. The number of rotatable bonds is 3. The molecular formula is C8H8N4O3. The van der Waals surface area contributed by atoms with Gasteiger partial charge in [-0.1, -0.05) is 0 Å². The van der Waals surface area contributed by atoms with E-state index in [1.54, 1.807) is 0 Å². The topological polar surface area (TPSA) is 89.6 Å². The smallest absolute Gasteiger partial charge is 0.334 e. The van der Waals surface area contributed by atoms with E-state index in [1.165, 1.54) is 24.0 Å². The molecule has 2 rings (SSSR count). The molecule has 7 nitrogen and oxygen atoms in total. The Morgan fingerprint density at radius 3 is 3.00 bits per heavy atom. The van der Waals surface area contributed by atoms with E-state index in [-0.39, 0.29) is 12.4 Å². The van der Waals surface area contributed by atoms with E-state index in [0.29, 0.717) is 11.3 Å². The lowest BCUT2D eigenvalue weighted by molar-refractivity contribution is -0.136. The van der Waals surface area contributed by atoms with Gasteiger partial charge >= 0.3 is 12.0 Å². The quantitative estimate of drug-likeness (QED) is 0.748. The maximum absolute atomic E-state index is 10.5. The molecule has 2 aromatic rings. The molecule has 0 aliphatic carbocycles. The van der Waals surface area contributed by atoms with E-state index in [9.17, 15) is 4.79 Å². The van der Waals surface area contributed by atoms with Crippen molar-refractivity contribution in [1.82, 2.24) is 19.6 Å². The molecule has 0 atom stereocenters. The number of hydrogen-bond acceptors (Lipinski definition) is 5. The van der Waals surface area contributed by atoms with Crippen molar-refractivity contribution in [1.29, 1.82) is 0 Å². The second-order valence-electron chi connectivity index (χ2n) is 2.83. The highest BCUT2D eigenvalue weighted by Crippen LogP contribution is 2.07. The number of aromatic nitrogens is 4. The minimum Gasteiger partial charge on any atom is -0.481 e. The second-order valence-corrected chi connectivity index (χ2v) is 2.83. The third kappa shape index (κ3) is 1.71. The van der Waals surface area contributed by atoms with Gasteiger partial charge in [0.05, 0.1) is 31.6 Å². The normalized spacial score (nSPS) is 10.5. The SMILES string of the molecule is COc1ncc2ncc(CC(=O)O)n2n1. The first-order valence-corrected chi connectivity index (χ1v) is 4.16. The minimum atomic E-state index is -0.936. The number of aliphatic carboxylic acids is 1. The van der Waals surface area contributed by atoms with E-state index in [0.717, 1.165) is 0 Å². The Bertz CT molecular complexity index is 508. The van der Waals surface area contributed by atoms with Crippen LogP contribution in [-0.2, 0) is 11.2 Å². The number of ether oxygens (including phenoxy) is 1. The summed E-state index contributed by atoms with van der Waals surface area (Å²) in [5, 5.41) is 12.6. The van der Waals surface area contributed by atoms with E-state index in [4.69, 9.17) is 9.84 Å². The molecule has 0 bridgehead atoms. The lowest BCUT2D eigenvalue weighted by Crippen LogP contribution is -2.06. The molecule has 78 valence electrons. The summed E-state index contributed by atoms with van der Waals surface area (Å²) in [4.78, 5) is 18.4. The van der Waals surface area contributed by atoms with Crippen LogP contribution in [0.15, 0.2) is 12.4 Å². The zero-order chi connectivity index (χ0) is 10.8. The predicted octanol–water partition coefficient (Wildman–Crippen LogP) is -0.240. The zero-order valence-corrected chi connectivity index (χ0v) is 7.91. The Morgan fingerprint density at radius 2 is 2.33 bits per heavy atom. The van der Waals surface area contributed by atoms with Gasteiger partial charge in [-0.05, 0) is 0 Å². The van der Waals surface area contributed by atoms with E-state index in [2.05, 4.69) is 15.1 Å². The summed E-state index contributed by atoms with van der Waals surface area (Å²) in [6.45, 7) is 0. The van der Waals surface area contributed by atoms with E-state index >= 15 is 0 Å². The summed E-state index contributed by atoms with van der Waals surface area (Å²) < 4.78 is 6.24. The van der Waals surface area contributed by atoms with Gasteiger partial charge in [0.1, 0.15) is 0 Å². The van der Waals surface area contributed by atoms with Gasteiger partial charge in [-0.3, -0.25) is 4.79 Å². The van der Waals surface area contributed by atoms with Gasteiger partial charge in [0.25, 0.3) is 0 Å². The van der Waals surface area contributed by atoms with Crippen LogP contribution in [0.5, 0.6) is 6.01 Å². The maximum atomic E-state index is 10.5. The summed E-state index contributed by atoms with van der Waals surface area (Å²) in [5.74, 6) is -0.936. The van der Waals surface area contributed by atoms with Crippen molar-refractivity contribution in [3.05, 3.63) is 18.1 Å². The zero-order valence-electron chi connectivity index (χ0n) is 7.91. The molecule has 0 saturated heterocycles. The first-order chi connectivity index (χ1) is 7.20. The number of methoxy groups -OCH3 is 1. The molecule has 0 radical (unpaired) electrons. The molecule has 15 heavy (non-hydrogen) atoms. The molecule has 0 aliphatic heterocycles. The summed E-state index contributed by atoms with van der Waals surface area (Å²) in [5.41, 5.74) is 0.977. The lowest BCUT2D eigenvalue weighted by atomic mass is 10.3. The molecule has 0 fully saturated rings. The van der Waals surface area contributed by atoms with Gasteiger partial charge in [0.2, 0.25) is 0 Å². The van der Waals surface area contributed by atoms with Crippen molar-refractivity contribution in [2.24, 2.45) is 0 Å². The highest BCUT2D eigenvalue weighted by atomic mass is 16.5. The van der Waals surface area contributed by atoms with Gasteiger partial charge < -0.3 is 9.84 Å². The summed E-state index contributed by atoms with van der Waals surface area (Å²) >= 11 is 0. The number of carbonyl (C=O) groups is 1. The highest BCUT2D eigenvalue weighted by Gasteiger charge is 2.09. The number of hydrogen-bond donors (Lipinski definition) is 1. The summed E-state index contributed by atoms with van der Waals surface area (Å²) in [6, 6.07) is 0.173. The van der Waals surface area contributed by atoms with Crippen LogP contribution >= 0.6 is 0 Å². The third-order valence-electron chi connectivity index (χ3n) is 1.83. The van der Waals surface area contributed by atoms with Crippen molar-refractivity contribution >= 4 is 11.6 Å². The molecule has 0 saturated carbocycles. The van der Waals surface area contributed by atoms with Crippen molar-refractivity contribution in [2.45, 2.75) is 6.42 Å². The Balaban J connectivity index is 2.51. The fourth-order valence-electron chi connectivity index (χ4n) is 1.19. The Morgan fingerprint density at radius 1 is 1.53 bits per heavy atom. The standard InChI is InChI=1S/C8H8N4O3/c1-15-8-10-4-6-9-3-5(2-7(13)14)12(6)11-8/h3-4H,2H2,1H3,(H,13,14). The van der Waals surface area contributed by atoms with Crippen molar-refractivity contribution in [3.8, 4) is 6.01 Å². The van der Waals surface area contributed by atoms with Crippen molar-refractivity contribution in [3.63, 3.8) is 0 Å². The molecule has 2 aromatic heterocycles. The molecule has 7 heteroatoms. The van der Waals surface area contributed by atoms with Crippen molar-refractivity contribution < 1.29 is 14.6 Å². The number of carboxylic acids is 1. The number of fused-ring (bicyclic) bond motifs is 1. The van der Waals surface area contributed by atoms with Crippen LogP contribution in [0.1, 0.15) is 5.69 Å². The Kier molecular flexibility index (Phi) is 2.20. The Hall–Kier alpha value is -2.18. The van der Waals surface area contributed by atoms with Crippen LogP contribution in [0.3, 0.4) is 0 Å². The maximum Gasteiger partial charge on any atom is 0.334 e. The van der Waals surface area contributed by atoms with Gasteiger partial charge in [0.15, 0.2) is 5.65 Å². The van der Waals surface area contributed by atoms with Crippen LogP contribution in [0.4, 0.5) is 0 Å². The molecule has 0 aromatic carbocycles. The van der Waals surface area contributed by atoms with Crippen LogP contribution in [0, 0.1) is 0 Å². The number of imidazole rings is 1. The van der Waals surface area contributed by atoms with Gasteiger partial charge in [0, 0.05) is 0 Å². The van der Waals surface area contributed by atoms with Crippen molar-refractivity contribution in [2.75, 3.05) is 7.11 Å². The van der Waals surface area contributed by atoms with Gasteiger partial charge in [-0.25, -0.2) is 9.50 Å². The third-order valence-corrected chi connectivity index (χ3v) is 1.83. The summed E-state index contributed by atoms with van der Waals surface area (Å²) in [6.07, 6.45) is 2.79. The summed E-state index contributed by atoms with van der Waals surface area (Å²) in [7, 11) is 1.44. The molecule has 0 unspecified atom stereocenters. The molecule has 1 N–H and O–H groups in total. The van der Waals surface area contributed by atoms with E-state index < -0.39 is 5.97 Å². The molecule has 0 aliphatic rings. The minimum absolute atomic E-state index is 0.138. The fourth-order valence-corrected chi connectivity index (χ4v) is 1.19. The molecular weight excluding hydrogens is 200 g/mol. The molecule has 0 spiro atoms. The highest BCUT2D eigenvalue weighted by molar-refractivity contribution is 5.69. The first-order valence-electron chi connectivity index (χ1n) is 4.16. The van der Waals surface area contributed by atoms with Crippen LogP contribution in [0.2, 0.25) is 0 Å². The van der Waals surface area contributed by atoms with Crippen LogP contribution in [0.25, 0.3) is 5.65 Å². The second kappa shape index (κ2) is 3.52. The van der Waals surface area contributed by atoms with Crippen LogP contribution in [-0.4, -0.2) is 37.8 Å². The largest absolute Gasteiger partial charge is 0.481 e. The van der Waals surface area contributed by atoms with E-state index in [1.807, 2.05) is 0 Å². The first kappa shape index (κ1) is 9.38. The number of nitrogens with zero attached hydrogens (tertiary/aromatic N) is 4. The monoisotopic (exact) mass is 208 g/mol. The van der Waals surface area contributed by atoms with Gasteiger partial charge in [-0.15, -0.1) is 5.10 Å². The predicted molar refractivity (Wildman–Crippen MR) is 48.7 cm³/mol. The Labute approximate surface area is 84.3 Å². The molecule has 0 amide bonds. The molecule has 2 heterocycles. The fraction of sp³-hybridized carbons (Fsp3) is 0.250.